The van der Waals surface area contributed by atoms with Crippen molar-refractivity contribution < 1.29 is 9.21 Å². The first-order chi connectivity index (χ1) is 10.7. The Labute approximate surface area is 131 Å². The molecule has 1 aliphatic heterocycles. The summed E-state index contributed by atoms with van der Waals surface area (Å²) in [7, 11) is 0. The van der Waals surface area contributed by atoms with Gasteiger partial charge in [0.1, 0.15) is 11.4 Å². The van der Waals surface area contributed by atoms with Crippen LogP contribution >= 0.6 is 11.6 Å². The van der Waals surface area contributed by atoms with Gasteiger partial charge in [0.2, 0.25) is 0 Å². The van der Waals surface area contributed by atoms with Crippen molar-refractivity contribution in [2.45, 2.75) is 25.4 Å². The van der Waals surface area contributed by atoms with Crippen LogP contribution in [0, 0.1) is 0 Å². The number of hydrogen-bond donors (Lipinski definition) is 1. The SMILES string of the molecule is O=C(N[C@H]1CCc2nccn2C1)c1cc2cc(Cl)ccc2o1. The third-order valence-corrected chi connectivity index (χ3v) is 4.21. The van der Waals surface area contributed by atoms with Crippen molar-refractivity contribution in [2.75, 3.05) is 0 Å². The van der Waals surface area contributed by atoms with Gasteiger partial charge in [0.25, 0.3) is 5.91 Å². The number of nitrogens with one attached hydrogen (secondary N) is 1. The lowest BCUT2D eigenvalue weighted by atomic mass is 10.1. The van der Waals surface area contributed by atoms with E-state index in [0.29, 0.717) is 16.4 Å². The zero-order valence-electron chi connectivity index (χ0n) is 11.8. The van der Waals surface area contributed by atoms with E-state index in [0.717, 1.165) is 30.6 Å². The first-order valence-electron chi connectivity index (χ1n) is 7.19. The monoisotopic (exact) mass is 315 g/mol. The number of aromatic nitrogens is 2. The zero-order valence-corrected chi connectivity index (χ0v) is 12.5. The Bertz CT molecular complexity index is 852. The van der Waals surface area contributed by atoms with Gasteiger partial charge >= 0.3 is 0 Å². The van der Waals surface area contributed by atoms with Crippen molar-refractivity contribution in [1.29, 1.82) is 0 Å². The molecule has 112 valence electrons. The highest BCUT2D eigenvalue weighted by Crippen LogP contribution is 2.23. The van der Waals surface area contributed by atoms with Gasteiger partial charge in [-0.2, -0.15) is 0 Å². The maximum atomic E-state index is 12.4. The minimum Gasteiger partial charge on any atom is -0.451 e. The van der Waals surface area contributed by atoms with Gasteiger partial charge in [-0.3, -0.25) is 4.79 Å². The molecule has 1 atom stereocenters. The van der Waals surface area contributed by atoms with Gasteiger partial charge in [-0.15, -0.1) is 0 Å². The molecule has 0 radical (unpaired) electrons. The van der Waals surface area contributed by atoms with Crippen LogP contribution in [0.2, 0.25) is 5.02 Å². The molecule has 0 aliphatic carbocycles. The van der Waals surface area contributed by atoms with E-state index < -0.39 is 0 Å². The summed E-state index contributed by atoms with van der Waals surface area (Å²) in [4.78, 5) is 16.6. The average Bonchev–Trinajstić information content (AvgIpc) is 3.12. The molecule has 3 aromatic rings. The number of imidazole rings is 1. The number of halogens is 1. The lowest BCUT2D eigenvalue weighted by molar-refractivity contribution is 0.0901. The number of fused-ring (bicyclic) bond motifs is 2. The van der Waals surface area contributed by atoms with Crippen molar-refractivity contribution in [2.24, 2.45) is 0 Å². The van der Waals surface area contributed by atoms with Crippen LogP contribution in [0.1, 0.15) is 22.8 Å². The summed E-state index contributed by atoms with van der Waals surface area (Å²) >= 11 is 5.95. The Balaban J connectivity index is 1.52. The van der Waals surface area contributed by atoms with Crippen LogP contribution in [0.4, 0.5) is 0 Å². The second-order valence-electron chi connectivity index (χ2n) is 5.50. The van der Waals surface area contributed by atoms with Gasteiger partial charge in [0.05, 0.1) is 0 Å². The third kappa shape index (κ3) is 2.37. The predicted octanol–water partition coefficient (Wildman–Crippen LogP) is 3.03. The van der Waals surface area contributed by atoms with Crippen molar-refractivity contribution in [3.05, 3.63) is 53.3 Å². The number of carbonyl (C=O) groups is 1. The summed E-state index contributed by atoms with van der Waals surface area (Å²) in [6.07, 6.45) is 5.49. The van der Waals surface area contributed by atoms with Crippen LogP contribution in [-0.4, -0.2) is 21.5 Å². The molecule has 0 fully saturated rings. The maximum Gasteiger partial charge on any atom is 0.287 e. The molecule has 3 heterocycles. The molecule has 0 bridgehead atoms. The number of amides is 1. The van der Waals surface area contributed by atoms with E-state index >= 15 is 0 Å². The van der Waals surface area contributed by atoms with E-state index in [1.54, 1.807) is 30.5 Å². The van der Waals surface area contributed by atoms with Crippen LogP contribution in [-0.2, 0) is 13.0 Å². The first kappa shape index (κ1) is 13.4. The predicted molar refractivity (Wildman–Crippen MR) is 83.0 cm³/mol. The van der Waals surface area contributed by atoms with Crippen molar-refractivity contribution in [3.63, 3.8) is 0 Å². The normalized spacial score (nSPS) is 17.4. The van der Waals surface area contributed by atoms with Crippen molar-refractivity contribution in [3.8, 4) is 0 Å². The highest BCUT2D eigenvalue weighted by Gasteiger charge is 2.22. The molecule has 0 saturated carbocycles. The molecule has 6 heteroatoms. The Morgan fingerprint density at radius 3 is 3.23 bits per heavy atom. The molecular formula is C16H14ClN3O2. The molecule has 0 unspecified atom stereocenters. The smallest absolute Gasteiger partial charge is 0.287 e. The summed E-state index contributed by atoms with van der Waals surface area (Å²) in [6, 6.07) is 7.12. The fourth-order valence-corrected chi connectivity index (χ4v) is 3.05. The lowest BCUT2D eigenvalue weighted by Crippen LogP contribution is -2.40. The van der Waals surface area contributed by atoms with Crippen LogP contribution in [0.5, 0.6) is 0 Å². The topological polar surface area (TPSA) is 60.1 Å². The average molecular weight is 316 g/mol. The van der Waals surface area contributed by atoms with Gasteiger partial charge in [-0.1, -0.05) is 11.6 Å². The molecule has 22 heavy (non-hydrogen) atoms. The van der Waals surface area contributed by atoms with Gasteiger partial charge < -0.3 is 14.3 Å². The number of aryl methyl sites for hydroxylation is 1. The number of carbonyl (C=O) groups excluding carboxylic acids is 1. The largest absolute Gasteiger partial charge is 0.451 e. The molecule has 0 spiro atoms. The van der Waals surface area contributed by atoms with E-state index in [1.165, 1.54) is 0 Å². The van der Waals surface area contributed by atoms with E-state index in [9.17, 15) is 4.79 Å². The lowest BCUT2D eigenvalue weighted by Gasteiger charge is -2.24. The molecular weight excluding hydrogens is 302 g/mol. The summed E-state index contributed by atoms with van der Waals surface area (Å²) in [5.41, 5.74) is 0.662. The molecule has 1 aromatic carbocycles. The number of benzene rings is 1. The van der Waals surface area contributed by atoms with Crippen LogP contribution < -0.4 is 5.32 Å². The van der Waals surface area contributed by atoms with E-state index in [1.807, 2.05) is 6.20 Å². The molecule has 2 aromatic heterocycles. The van der Waals surface area contributed by atoms with Gasteiger partial charge in [0, 0.05) is 41.8 Å². The van der Waals surface area contributed by atoms with Crippen LogP contribution in [0.3, 0.4) is 0 Å². The molecule has 0 saturated heterocycles. The number of hydrogen-bond acceptors (Lipinski definition) is 3. The van der Waals surface area contributed by atoms with Crippen LogP contribution in [0.25, 0.3) is 11.0 Å². The maximum absolute atomic E-state index is 12.4. The minimum absolute atomic E-state index is 0.0889. The Kier molecular flexibility index (Phi) is 3.15. The molecule has 5 nitrogen and oxygen atoms in total. The summed E-state index contributed by atoms with van der Waals surface area (Å²) < 4.78 is 7.67. The Morgan fingerprint density at radius 1 is 1.41 bits per heavy atom. The van der Waals surface area contributed by atoms with Gasteiger partial charge in [-0.25, -0.2) is 4.98 Å². The van der Waals surface area contributed by atoms with Gasteiger partial charge in [0.15, 0.2) is 5.76 Å². The Morgan fingerprint density at radius 2 is 2.32 bits per heavy atom. The summed E-state index contributed by atoms with van der Waals surface area (Å²) in [5, 5.41) is 4.48. The quantitative estimate of drug-likeness (QED) is 0.790. The summed E-state index contributed by atoms with van der Waals surface area (Å²) in [6.45, 7) is 0.743. The number of nitrogens with zero attached hydrogens (tertiary/aromatic N) is 2. The molecule has 1 aliphatic rings. The fraction of sp³-hybridized carbons (Fsp3) is 0.250. The third-order valence-electron chi connectivity index (χ3n) is 3.97. The first-order valence-corrected chi connectivity index (χ1v) is 7.57. The van der Waals surface area contributed by atoms with Crippen molar-refractivity contribution in [1.82, 2.24) is 14.9 Å². The fourth-order valence-electron chi connectivity index (χ4n) is 2.87. The van der Waals surface area contributed by atoms with E-state index in [2.05, 4.69) is 14.9 Å². The van der Waals surface area contributed by atoms with Gasteiger partial charge in [-0.05, 0) is 30.7 Å². The van der Waals surface area contributed by atoms with E-state index in [-0.39, 0.29) is 11.9 Å². The molecule has 4 rings (SSSR count). The van der Waals surface area contributed by atoms with E-state index in [4.69, 9.17) is 16.0 Å². The number of rotatable bonds is 2. The van der Waals surface area contributed by atoms with Crippen LogP contribution in [0.15, 0.2) is 41.1 Å². The zero-order chi connectivity index (χ0) is 15.1. The summed E-state index contributed by atoms with van der Waals surface area (Å²) in [5.74, 6) is 1.19. The highest BCUT2D eigenvalue weighted by atomic mass is 35.5. The standard InChI is InChI=1S/C16H14ClN3O2/c17-11-1-3-13-10(7-11)8-14(22-13)16(21)19-12-2-4-15-18-5-6-20(15)9-12/h1,3,5-8,12H,2,4,9H2,(H,19,21)/t12-/m0/s1. The molecule has 1 N–H and O–H groups in total. The second-order valence-corrected chi connectivity index (χ2v) is 5.93. The highest BCUT2D eigenvalue weighted by molar-refractivity contribution is 6.31. The molecule has 1 amide bonds. The van der Waals surface area contributed by atoms with Crippen molar-refractivity contribution >= 4 is 28.5 Å². The Hall–Kier alpha value is -2.27. The number of furan rings is 1. The minimum atomic E-state index is -0.194. The second kappa shape index (κ2) is 5.18.